The van der Waals surface area contributed by atoms with E-state index in [2.05, 4.69) is 37.3 Å². The van der Waals surface area contributed by atoms with E-state index in [9.17, 15) is 0 Å². The molecule has 0 radical (unpaired) electrons. The summed E-state index contributed by atoms with van der Waals surface area (Å²) in [5, 5.41) is 3.86. The molecule has 0 bridgehead atoms. The van der Waals surface area contributed by atoms with E-state index in [4.69, 9.17) is 22.1 Å². The Morgan fingerprint density at radius 3 is 2.68 bits per heavy atom. The molecule has 9 heteroatoms. The van der Waals surface area contributed by atoms with Crippen LogP contribution in [0, 0.1) is 6.92 Å². The number of aromatic nitrogens is 3. The lowest BCUT2D eigenvalue weighted by atomic mass is 10.2. The number of ether oxygens (including phenoxy) is 1. The third-order valence-electron chi connectivity index (χ3n) is 5.42. The lowest BCUT2D eigenvalue weighted by molar-refractivity contribution is -0.915. The van der Waals surface area contributed by atoms with Crippen molar-refractivity contribution in [3.8, 4) is 5.75 Å². The average Bonchev–Trinajstić information content (AvgIpc) is 2.76. The SMILES string of the molecule is COc1cccc(N2CC[NH+](Cc3nc(N)nc(Nc4ccc(C)c(Cl)c4)n3)CC2)c1. The van der Waals surface area contributed by atoms with E-state index in [1.165, 1.54) is 10.6 Å². The first kappa shape index (κ1) is 21.1. The molecule has 0 amide bonds. The maximum atomic E-state index is 6.21. The monoisotopic (exact) mass is 440 g/mol. The van der Waals surface area contributed by atoms with E-state index in [-0.39, 0.29) is 5.95 Å². The van der Waals surface area contributed by atoms with Crippen LogP contribution < -0.4 is 25.6 Å². The number of quaternary nitrogens is 1. The van der Waals surface area contributed by atoms with Crippen molar-refractivity contribution in [2.24, 2.45) is 0 Å². The Hall–Kier alpha value is -3.10. The average molecular weight is 441 g/mol. The summed E-state index contributed by atoms with van der Waals surface area (Å²) < 4.78 is 5.34. The molecule has 0 aliphatic carbocycles. The number of aryl methyl sites for hydroxylation is 1. The topological polar surface area (TPSA) is 93.6 Å². The molecule has 0 saturated carbocycles. The number of nitrogen functional groups attached to an aromatic ring is 1. The van der Waals surface area contributed by atoms with Crippen molar-refractivity contribution in [2.75, 3.05) is 49.2 Å². The number of rotatable bonds is 6. The van der Waals surface area contributed by atoms with Gasteiger partial charge in [0.15, 0.2) is 5.82 Å². The number of methoxy groups -OCH3 is 1. The van der Waals surface area contributed by atoms with Crippen molar-refractivity contribution >= 4 is 34.9 Å². The second-order valence-electron chi connectivity index (χ2n) is 7.64. The van der Waals surface area contributed by atoms with E-state index >= 15 is 0 Å². The minimum Gasteiger partial charge on any atom is -0.497 e. The molecule has 4 rings (SSSR count). The van der Waals surface area contributed by atoms with Gasteiger partial charge in [-0.3, -0.25) is 0 Å². The highest BCUT2D eigenvalue weighted by molar-refractivity contribution is 6.31. The van der Waals surface area contributed by atoms with Crippen molar-refractivity contribution in [1.82, 2.24) is 15.0 Å². The first-order valence-corrected chi connectivity index (χ1v) is 10.6. The largest absolute Gasteiger partial charge is 0.497 e. The van der Waals surface area contributed by atoms with Crippen molar-refractivity contribution in [2.45, 2.75) is 13.5 Å². The second-order valence-corrected chi connectivity index (χ2v) is 8.04. The number of anilines is 4. The smallest absolute Gasteiger partial charge is 0.232 e. The molecule has 0 unspecified atom stereocenters. The minimum absolute atomic E-state index is 0.208. The number of piperazine rings is 1. The van der Waals surface area contributed by atoms with E-state index in [0.717, 1.165) is 43.2 Å². The number of nitrogens with two attached hydrogens (primary N) is 1. The molecule has 1 fully saturated rings. The zero-order valence-electron chi connectivity index (χ0n) is 17.7. The molecule has 162 valence electrons. The molecule has 8 nitrogen and oxygen atoms in total. The van der Waals surface area contributed by atoms with Crippen LogP contribution >= 0.6 is 11.6 Å². The highest BCUT2D eigenvalue weighted by atomic mass is 35.5. The van der Waals surface area contributed by atoms with Crippen LogP contribution in [0.2, 0.25) is 5.02 Å². The van der Waals surface area contributed by atoms with Gasteiger partial charge in [0.05, 0.1) is 33.3 Å². The van der Waals surface area contributed by atoms with Gasteiger partial charge in [0, 0.05) is 22.5 Å². The van der Waals surface area contributed by atoms with Crippen molar-refractivity contribution in [3.63, 3.8) is 0 Å². The molecule has 0 spiro atoms. The summed E-state index contributed by atoms with van der Waals surface area (Å²) in [5.41, 5.74) is 8.95. The number of halogens is 1. The summed E-state index contributed by atoms with van der Waals surface area (Å²) in [7, 11) is 1.69. The van der Waals surface area contributed by atoms with Gasteiger partial charge >= 0.3 is 0 Å². The first-order chi connectivity index (χ1) is 15.0. The lowest BCUT2D eigenvalue weighted by Gasteiger charge is -2.33. The standard InChI is InChI=1S/C22H26ClN7O/c1-15-6-7-16(12-19(15)23)25-22-27-20(26-21(24)28-22)14-29-8-10-30(11-9-29)17-4-3-5-18(13-17)31-2/h3-7,12-13H,8-11,14H2,1-2H3,(H3,24,25,26,27,28)/p+1. The van der Waals surface area contributed by atoms with Crippen LogP contribution in [-0.2, 0) is 6.54 Å². The predicted molar refractivity (Wildman–Crippen MR) is 123 cm³/mol. The maximum Gasteiger partial charge on any atom is 0.232 e. The first-order valence-electron chi connectivity index (χ1n) is 10.3. The molecular weight excluding hydrogens is 414 g/mol. The summed E-state index contributed by atoms with van der Waals surface area (Å²) in [5.74, 6) is 2.19. The van der Waals surface area contributed by atoms with Gasteiger partial charge in [0.25, 0.3) is 0 Å². The van der Waals surface area contributed by atoms with Crippen LogP contribution in [0.3, 0.4) is 0 Å². The van der Waals surface area contributed by atoms with Crippen molar-refractivity contribution in [1.29, 1.82) is 0 Å². The van der Waals surface area contributed by atoms with Gasteiger partial charge in [-0.15, -0.1) is 0 Å². The fourth-order valence-electron chi connectivity index (χ4n) is 3.66. The van der Waals surface area contributed by atoms with E-state index in [1.807, 2.05) is 37.3 Å². The Bertz CT molecular complexity index is 1050. The lowest BCUT2D eigenvalue weighted by Crippen LogP contribution is -3.13. The van der Waals surface area contributed by atoms with E-state index < -0.39 is 0 Å². The van der Waals surface area contributed by atoms with Gasteiger partial charge < -0.3 is 25.6 Å². The van der Waals surface area contributed by atoms with Crippen LogP contribution in [0.25, 0.3) is 0 Å². The molecule has 1 saturated heterocycles. The van der Waals surface area contributed by atoms with Crippen LogP contribution in [0.15, 0.2) is 42.5 Å². The van der Waals surface area contributed by atoms with Crippen LogP contribution in [0.4, 0.5) is 23.3 Å². The second kappa shape index (κ2) is 9.36. The molecule has 4 N–H and O–H groups in total. The van der Waals surface area contributed by atoms with Gasteiger partial charge in [-0.1, -0.05) is 23.7 Å². The number of nitrogens with zero attached hydrogens (tertiary/aromatic N) is 4. The van der Waals surface area contributed by atoms with E-state index in [0.29, 0.717) is 23.3 Å². The molecule has 1 aliphatic rings. The molecule has 1 aliphatic heterocycles. The summed E-state index contributed by atoms with van der Waals surface area (Å²) >= 11 is 6.21. The fourth-order valence-corrected chi connectivity index (χ4v) is 3.84. The van der Waals surface area contributed by atoms with Crippen LogP contribution in [0.5, 0.6) is 5.75 Å². The maximum absolute atomic E-state index is 6.21. The van der Waals surface area contributed by atoms with Gasteiger partial charge in [0.1, 0.15) is 12.3 Å². The number of hydrogen-bond acceptors (Lipinski definition) is 7. The summed E-state index contributed by atoms with van der Waals surface area (Å²) in [6, 6.07) is 13.9. The van der Waals surface area contributed by atoms with Gasteiger partial charge in [-0.05, 0) is 36.8 Å². The Morgan fingerprint density at radius 1 is 1.13 bits per heavy atom. The molecule has 31 heavy (non-hydrogen) atoms. The highest BCUT2D eigenvalue weighted by Gasteiger charge is 2.22. The fraction of sp³-hybridized carbons (Fsp3) is 0.318. The third-order valence-corrected chi connectivity index (χ3v) is 5.83. The van der Waals surface area contributed by atoms with Crippen molar-refractivity contribution in [3.05, 3.63) is 58.9 Å². The van der Waals surface area contributed by atoms with Crippen LogP contribution in [-0.4, -0.2) is 48.2 Å². The number of benzene rings is 2. The predicted octanol–water partition coefficient (Wildman–Crippen LogP) is 2.07. The number of nitrogens with one attached hydrogen (secondary N) is 2. The van der Waals surface area contributed by atoms with E-state index in [1.54, 1.807) is 7.11 Å². The third kappa shape index (κ3) is 5.34. The highest BCUT2D eigenvalue weighted by Crippen LogP contribution is 2.22. The van der Waals surface area contributed by atoms with Crippen LogP contribution in [0.1, 0.15) is 11.4 Å². The van der Waals surface area contributed by atoms with Gasteiger partial charge in [0.2, 0.25) is 11.9 Å². The molecule has 1 aromatic heterocycles. The summed E-state index contributed by atoms with van der Waals surface area (Å²) in [6.07, 6.45) is 0. The molecule has 0 atom stereocenters. The molecule has 2 heterocycles. The van der Waals surface area contributed by atoms with Gasteiger partial charge in [-0.2, -0.15) is 15.0 Å². The number of hydrogen-bond donors (Lipinski definition) is 3. The summed E-state index contributed by atoms with van der Waals surface area (Å²) in [6.45, 7) is 6.54. The molecule has 3 aromatic rings. The Balaban J connectivity index is 1.39. The Labute approximate surface area is 187 Å². The zero-order valence-corrected chi connectivity index (χ0v) is 18.5. The Morgan fingerprint density at radius 2 is 1.94 bits per heavy atom. The quantitative estimate of drug-likeness (QED) is 0.540. The van der Waals surface area contributed by atoms with Crippen molar-refractivity contribution < 1.29 is 9.64 Å². The Kier molecular flexibility index (Phi) is 6.39. The summed E-state index contributed by atoms with van der Waals surface area (Å²) in [4.78, 5) is 16.9. The normalized spacial score (nSPS) is 14.5. The molecular formula is C22H27ClN7O+. The van der Waals surface area contributed by atoms with Gasteiger partial charge in [-0.25, -0.2) is 0 Å². The zero-order chi connectivity index (χ0) is 21.8. The minimum atomic E-state index is 0.208. The molecule has 2 aromatic carbocycles.